The number of thiophene rings is 1. The first-order chi connectivity index (χ1) is 11.2. The number of rotatable bonds is 5. The van der Waals surface area contributed by atoms with Crippen molar-refractivity contribution in [3.8, 4) is 0 Å². The Bertz CT molecular complexity index is 487. The Kier molecular flexibility index (Phi) is 5.91. The second-order valence-electron chi connectivity index (χ2n) is 6.73. The molecule has 1 aromatic heterocycles. The Hall–Kier alpha value is -1.11. The number of carbonyl (C=O) groups is 1. The van der Waals surface area contributed by atoms with Crippen LogP contribution in [-0.4, -0.2) is 61.6 Å². The second kappa shape index (κ2) is 8.13. The summed E-state index contributed by atoms with van der Waals surface area (Å²) < 4.78 is 0. The van der Waals surface area contributed by atoms with Crippen molar-refractivity contribution in [2.24, 2.45) is 0 Å². The molecular formula is C17H28N4OS. The molecule has 128 valence electrons. The van der Waals surface area contributed by atoms with Crippen LogP contribution in [0.5, 0.6) is 0 Å². The van der Waals surface area contributed by atoms with Gasteiger partial charge in [-0.2, -0.15) is 0 Å². The summed E-state index contributed by atoms with van der Waals surface area (Å²) in [7, 11) is 2.12. The highest BCUT2D eigenvalue weighted by Crippen LogP contribution is 2.27. The molecule has 5 nitrogen and oxygen atoms in total. The van der Waals surface area contributed by atoms with Gasteiger partial charge in [0, 0.05) is 24.0 Å². The predicted molar refractivity (Wildman–Crippen MR) is 94.9 cm³/mol. The SMILES string of the molecule is CN1CCCC(NC(=O)NCC(c2cccs2)N2CCCC2)C1. The summed E-state index contributed by atoms with van der Waals surface area (Å²) in [6.45, 7) is 5.05. The highest BCUT2D eigenvalue weighted by molar-refractivity contribution is 7.10. The molecule has 0 aliphatic carbocycles. The molecule has 3 rings (SSSR count). The molecule has 2 aliphatic heterocycles. The molecule has 2 atom stereocenters. The molecule has 1 aromatic rings. The van der Waals surface area contributed by atoms with E-state index in [0.29, 0.717) is 12.6 Å². The minimum atomic E-state index is -0.0222. The Morgan fingerprint density at radius 1 is 1.35 bits per heavy atom. The van der Waals surface area contributed by atoms with Crippen LogP contribution in [0, 0.1) is 0 Å². The smallest absolute Gasteiger partial charge is 0.315 e. The van der Waals surface area contributed by atoms with E-state index in [1.807, 2.05) is 0 Å². The van der Waals surface area contributed by atoms with Gasteiger partial charge in [0.2, 0.25) is 0 Å². The normalized spacial score (nSPS) is 24.5. The lowest BCUT2D eigenvalue weighted by molar-refractivity contribution is 0.202. The van der Waals surface area contributed by atoms with Gasteiger partial charge in [0.1, 0.15) is 0 Å². The third-order valence-corrected chi connectivity index (χ3v) is 5.84. The fourth-order valence-corrected chi connectivity index (χ4v) is 4.51. The maximum Gasteiger partial charge on any atom is 0.315 e. The van der Waals surface area contributed by atoms with Gasteiger partial charge >= 0.3 is 6.03 Å². The van der Waals surface area contributed by atoms with Gasteiger partial charge in [0.25, 0.3) is 0 Å². The lowest BCUT2D eigenvalue weighted by Gasteiger charge is -2.31. The Labute approximate surface area is 143 Å². The fraction of sp³-hybridized carbons (Fsp3) is 0.706. The first kappa shape index (κ1) is 16.7. The molecule has 0 radical (unpaired) electrons. The molecule has 0 saturated carbocycles. The van der Waals surface area contributed by atoms with E-state index < -0.39 is 0 Å². The number of nitrogens with one attached hydrogen (secondary N) is 2. The van der Waals surface area contributed by atoms with Crippen molar-refractivity contribution in [3.63, 3.8) is 0 Å². The molecule has 23 heavy (non-hydrogen) atoms. The third kappa shape index (κ3) is 4.68. The standard InChI is InChI=1S/C17H28N4OS/c1-20-8-4-6-14(13-20)19-17(22)18-12-15(16-7-5-11-23-16)21-9-2-3-10-21/h5,7,11,14-15H,2-4,6,8-10,12-13H2,1H3,(H2,18,19,22). The molecule has 3 heterocycles. The second-order valence-corrected chi connectivity index (χ2v) is 7.71. The van der Waals surface area contributed by atoms with Crippen LogP contribution >= 0.6 is 11.3 Å². The molecule has 6 heteroatoms. The van der Waals surface area contributed by atoms with Gasteiger partial charge in [-0.05, 0) is 63.8 Å². The number of amides is 2. The van der Waals surface area contributed by atoms with E-state index in [1.165, 1.54) is 17.7 Å². The first-order valence-corrected chi connectivity index (χ1v) is 9.60. The monoisotopic (exact) mass is 336 g/mol. The topological polar surface area (TPSA) is 47.6 Å². The van der Waals surface area contributed by atoms with E-state index in [2.05, 4.69) is 45.0 Å². The zero-order valence-corrected chi connectivity index (χ0v) is 14.8. The summed E-state index contributed by atoms with van der Waals surface area (Å²) in [4.78, 5) is 18.4. The van der Waals surface area contributed by atoms with E-state index >= 15 is 0 Å². The third-order valence-electron chi connectivity index (χ3n) is 4.87. The van der Waals surface area contributed by atoms with Gasteiger partial charge in [-0.15, -0.1) is 11.3 Å². The number of likely N-dealkylation sites (tertiary alicyclic amines) is 2. The van der Waals surface area contributed by atoms with Crippen molar-refractivity contribution >= 4 is 17.4 Å². The van der Waals surface area contributed by atoms with E-state index in [0.717, 1.165) is 39.0 Å². The molecule has 0 spiro atoms. The number of likely N-dealkylation sites (N-methyl/N-ethyl adjacent to an activating group) is 1. The first-order valence-electron chi connectivity index (χ1n) is 8.73. The summed E-state index contributed by atoms with van der Waals surface area (Å²) in [5.74, 6) is 0. The highest BCUT2D eigenvalue weighted by atomic mass is 32.1. The molecule has 2 amide bonds. The summed E-state index contributed by atoms with van der Waals surface area (Å²) >= 11 is 1.79. The molecule has 2 aliphatic rings. The zero-order valence-electron chi connectivity index (χ0n) is 14.0. The minimum Gasteiger partial charge on any atom is -0.336 e. The van der Waals surface area contributed by atoms with Gasteiger partial charge in [-0.1, -0.05) is 6.07 Å². The van der Waals surface area contributed by atoms with Crippen LogP contribution in [0.4, 0.5) is 4.79 Å². The fourth-order valence-electron chi connectivity index (χ4n) is 3.65. The Morgan fingerprint density at radius 2 is 2.17 bits per heavy atom. The summed E-state index contributed by atoms with van der Waals surface area (Å²) in [5.41, 5.74) is 0. The van der Waals surface area contributed by atoms with Crippen molar-refractivity contribution in [2.45, 2.75) is 37.8 Å². The number of piperidine rings is 1. The van der Waals surface area contributed by atoms with Gasteiger partial charge in [-0.25, -0.2) is 4.79 Å². The maximum atomic E-state index is 12.3. The average Bonchev–Trinajstić information content (AvgIpc) is 3.21. The van der Waals surface area contributed by atoms with Crippen molar-refractivity contribution in [2.75, 3.05) is 39.8 Å². The molecule has 2 N–H and O–H groups in total. The highest BCUT2D eigenvalue weighted by Gasteiger charge is 2.25. The summed E-state index contributed by atoms with van der Waals surface area (Å²) in [6.07, 6.45) is 4.77. The van der Waals surface area contributed by atoms with E-state index in [4.69, 9.17) is 0 Å². The average molecular weight is 337 g/mol. The van der Waals surface area contributed by atoms with E-state index in [1.54, 1.807) is 11.3 Å². The van der Waals surface area contributed by atoms with Crippen LogP contribution in [0.25, 0.3) is 0 Å². The van der Waals surface area contributed by atoms with Gasteiger partial charge in [0.15, 0.2) is 0 Å². The zero-order chi connectivity index (χ0) is 16.1. The van der Waals surface area contributed by atoms with E-state index in [9.17, 15) is 4.79 Å². The number of urea groups is 1. The Morgan fingerprint density at radius 3 is 2.87 bits per heavy atom. The molecule has 2 fully saturated rings. The number of hydrogen-bond donors (Lipinski definition) is 2. The Balaban J connectivity index is 1.50. The minimum absolute atomic E-state index is 0.0222. The maximum absolute atomic E-state index is 12.3. The van der Waals surface area contributed by atoms with Crippen LogP contribution in [0.15, 0.2) is 17.5 Å². The van der Waals surface area contributed by atoms with Crippen molar-refractivity contribution < 1.29 is 4.79 Å². The van der Waals surface area contributed by atoms with Gasteiger partial charge in [0.05, 0.1) is 6.04 Å². The molecular weight excluding hydrogens is 308 g/mol. The lowest BCUT2D eigenvalue weighted by atomic mass is 10.1. The van der Waals surface area contributed by atoms with Crippen molar-refractivity contribution in [3.05, 3.63) is 22.4 Å². The van der Waals surface area contributed by atoms with Crippen molar-refractivity contribution in [1.82, 2.24) is 20.4 Å². The van der Waals surface area contributed by atoms with Crippen LogP contribution < -0.4 is 10.6 Å². The number of carbonyl (C=O) groups excluding carboxylic acids is 1. The number of nitrogens with zero attached hydrogens (tertiary/aromatic N) is 2. The quantitative estimate of drug-likeness (QED) is 0.867. The van der Waals surface area contributed by atoms with Crippen LogP contribution in [0.2, 0.25) is 0 Å². The molecule has 2 unspecified atom stereocenters. The van der Waals surface area contributed by atoms with Gasteiger partial charge < -0.3 is 15.5 Å². The lowest BCUT2D eigenvalue weighted by Crippen LogP contribution is -2.50. The van der Waals surface area contributed by atoms with Crippen LogP contribution in [-0.2, 0) is 0 Å². The molecule has 2 saturated heterocycles. The summed E-state index contributed by atoms with van der Waals surface area (Å²) in [5, 5.41) is 8.36. The summed E-state index contributed by atoms with van der Waals surface area (Å²) in [6, 6.07) is 4.86. The number of hydrogen-bond acceptors (Lipinski definition) is 4. The largest absolute Gasteiger partial charge is 0.336 e. The van der Waals surface area contributed by atoms with Crippen molar-refractivity contribution in [1.29, 1.82) is 0 Å². The van der Waals surface area contributed by atoms with Crippen LogP contribution in [0.1, 0.15) is 36.6 Å². The molecule has 0 bridgehead atoms. The predicted octanol–water partition coefficient (Wildman–Crippen LogP) is 2.28. The van der Waals surface area contributed by atoms with Gasteiger partial charge in [-0.3, -0.25) is 4.90 Å². The van der Waals surface area contributed by atoms with Crippen LogP contribution in [0.3, 0.4) is 0 Å². The molecule has 0 aromatic carbocycles. The van der Waals surface area contributed by atoms with E-state index in [-0.39, 0.29) is 12.1 Å².